The Kier molecular flexibility index (Phi) is 4.33. The SMILES string of the molecule is CC(CN)C(=O)NCCc1csc2ccccc12. The molecule has 2 aromatic rings. The third-order valence-corrected chi connectivity index (χ3v) is 4.07. The van der Waals surface area contributed by atoms with E-state index in [2.05, 4.69) is 22.8 Å². The lowest BCUT2D eigenvalue weighted by molar-refractivity contribution is -0.124. The van der Waals surface area contributed by atoms with Gasteiger partial charge in [0, 0.05) is 23.7 Å². The summed E-state index contributed by atoms with van der Waals surface area (Å²) in [5.41, 5.74) is 6.76. The predicted molar refractivity (Wildman–Crippen MR) is 76.8 cm³/mol. The van der Waals surface area contributed by atoms with Crippen LogP contribution in [-0.4, -0.2) is 19.0 Å². The Bertz CT molecular complexity index is 535. The number of nitrogens with one attached hydrogen (secondary N) is 1. The molecule has 0 saturated heterocycles. The second-order valence-corrected chi connectivity index (χ2v) is 5.35. The summed E-state index contributed by atoms with van der Waals surface area (Å²) in [6.45, 7) is 2.91. The standard InChI is InChI=1S/C14H18N2OS/c1-10(8-15)14(17)16-7-6-11-9-18-13-5-3-2-4-12(11)13/h2-5,9-10H,6-8,15H2,1H3,(H,16,17). The molecule has 3 N–H and O–H groups in total. The Labute approximate surface area is 111 Å². The minimum absolute atomic E-state index is 0.0389. The van der Waals surface area contributed by atoms with Crippen LogP contribution in [0.25, 0.3) is 10.1 Å². The predicted octanol–water partition coefficient (Wildman–Crippen LogP) is 2.15. The smallest absolute Gasteiger partial charge is 0.224 e. The van der Waals surface area contributed by atoms with Crippen molar-refractivity contribution in [1.82, 2.24) is 5.32 Å². The van der Waals surface area contributed by atoms with E-state index in [-0.39, 0.29) is 11.8 Å². The minimum atomic E-state index is -0.107. The van der Waals surface area contributed by atoms with Gasteiger partial charge < -0.3 is 11.1 Å². The molecule has 96 valence electrons. The second-order valence-electron chi connectivity index (χ2n) is 4.43. The first-order valence-electron chi connectivity index (χ1n) is 6.15. The molecule has 3 nitrogen and oxygen atoms in total. The van der Waals surface area contributed by atoms with Crippen LogP contribution in [0.4, 0.5) is 0 Å². The zero-order chi connectivity index (χ0) is 13.0. The number of benzene rings is 1. The normalized spacial score (nSPS) is 12.6. The fourth-order valence-electron chi connectivity index (χ4n) is 1.83. The fourth-order valence-corrected chi connectivity index (χ4v) is 2.83. The van der Waals surface area contributed by atoms with Crippen molar-refractivity contribution in [1.29, 1.82) is 0 Å². The summed E-state index contributed by atoms with van der Waals surface area (Å²) in [5.74, 6) is -0.0683. The number of fused-ring (bicyclic) bond motifs is 1. The van der Waals surface area contributed by atoms with Crippen molar-refractivity contribution in [2.24, 2.45) is 11.7 Å². The number of nitrogens with two attached hydrogens (primary N) is 1. The Morgan fingerprint density at radius 1 is 1.44 bits per heavy atom. The molecule has 0 aliphatic heterocycles. The zero-order valence-electron chi connectivity index (χ0n) is 10.5. The maximum atomic E-state index is 11.6. The van der Waals surface area contributed by atoms with Crippen LogP contribution in [0.15, 0.2) is 29.6 Å². The van der Waals surface area contributed by atoms with E-state index in [4.69, 9.17) is 5.73 Å². The Balaban J connectivity index is 1.93. The van der Waals surface area contributed by atoms with Gasteiger partial charge in [0.15, 0.2) is 0 Å². The highest BCUT2D eigenvalue weighted by Crippen LogP contribution is 2.25. The Morgan fingerprint density at radius 2 is 2.22 bits per heavy atom. The van der Waals surface area contributed by atoms with Crippen molar-refractivity contribution in [3.8, 4) is 0 Å². The highest BCUT2D eigenvalue weighted by atomic mass is 32.1. The van der Waals surface area contributed by atoms with Crippen LogP contribution in [0.2, 0.25) is 0 Å². The van der Waals surface area contributed by atoms with Gasteiger partial charge in [-0.25, -0.2) is 0 Å². The molecule has 1 aromatic carbocycles. The van der Waals surface area contributed by atoms with E-state index in [1.165, 1.54) is 15.6 Å². The topological polar surface area (TPSA) is 55.1 Å². The van der Waals surface area contributed by atoms with Gasteiger partial charge in [0.25, 0.3) is 0 Å². The number of carbonyl (C=O) groups excluding carboxylic acids is 1. The number of rotatable bonds is 5. The van der Waals surface area contributed by atoms with Gasteiger partial charge in [-0.15, -0.1) is 11.3 Å². The van der Waals surface area contributed by atoms with Crippen LogP contribution in [-0.2, 0) is 11.2 Å². The van der Waals surface area contributed by atoms with Gasteiger partial charge in [0.05, 0.1) is 0 Å². The van der Waals surface area contributed by atoms with Crippen molar-refractivity contribution < 1.29 is 4.79 Å². The van der Waals surface area contributed by atoms with Crippen LogP contribution in [0.5, 0.6) is 0 Å². The third kappa shape index (κ3) is 2.89. The van der Waals surface area contributed by atoms with Crippen molar-refractivity contribution in [2.75, 3.05) is 13.1 Å². The summed E-state index contributed by atoms with van der Waals surface area (Å²) in [6, 6.07) is 8.35. The average Bonchev–Trinajstić information content (AvgIpc) is 2.81. The molecular formula is C14H18N2OS. The highest BCUT2D eigenvalue weighted by Gasteiger charge is 2.10. The van der Waals surface area contributed by atoms with Crippen LogP contribution < -0.4 is 11.1 Å². The quantitative estimate of drug-likeness (QED) is 0.867. The van der Waals surface area contributed by atoms with Crippen LogP contribution in [0.3, 0.4) is 0 Å². The fraction of sp³-hybridized carbons (Fsp3) is 0.357. The van der Waals surface area contributed by atoms with Gasteiger partial charge in [-0.3, -0.25) is 4.79 Å². The average molecular weight is 262 g/mol. The molecule has 0 fully saturated rings. The van der Waals surface area contributed by atoms with Crippen LogP contribution in [0.1, 0.15) is 12.5 Å². The monoisotopic (exact) mass is 262 g/mol. The zero-order valence-corrected chi connectivity index (χ0v) is 11.3. The van der Waals surface area contributed by atoms with Crippen molar-refractivity contribution in [3.05, 3.63) is 35.2 Å². The van der Waals surface area contributed by atoms with E-state index < -0.39 is 0 Å². The molecule has 1 atom stereocenters. The summed E-state index contributed by atoms with van der Waals surface area (Å²) in [6.07, 6.45) is 0.868. The molecule has 1 heterocycles. The summed E-state index contributed by atoms with van der Waals surface area (Å²) >= 11 is 1.75. The Hall–Kier alpha value is -1.39. The van der Waals surface area contributed by atoms with Crippen LogP contribution in [0, 0.1) is 5.92 Å². The molecule has 18 heavy (non-hydrogen) atoms. The summed E-state index contributed by atoms with van der Waals surface area (Å²) in [4.78, 5) is 11.6. The van der Waals surface area contributed by atoms with Gasteiger partial charge in [-0.1, -0.05) is 25.1 Å². The van der Waals surface area contributed by atoms with E-state index in [0.29, 0.717) is 13.1 Å². The number of hydrogen-bond acceptors (Lipinski definition) is 3. The van der Waals surface area contributed by atoms with E-state index in [1.54, 1.807) is 11.3 Å². The lowest BCUT2D eigenvalue weighted by Gasteiger charge is -2.09. The second kappa shape index (κ2) is 5.98. The minimum Gasteiger partial charge on any atom is -0.355 e. The molecule has 0 saturated carbocycles. The van der Waals surface area contributed by atoms with E-state index in [1.807, 2.05) is 19.1 Å². The molecule has 1 unspecified atom stereocenters. The van der Waals surface area contributed by atoms with E-state index >= 15 is 0 Å². The molecule has 0 radical (unpaired) electrons. The molecule has 0 aliphatic rings. The summed E-state index contributed by atoms with van der Waals surface area (Å²) in [5, 5.41) is 6.39. The largest absolute Gasteiger partial charge is 0.355 e. The van der Waals surface area contributed by atoms with E-state index in [9.17, 15) is 4.79 Å². The number of amides is 1. The molecule has 0 bridgehead atoms. The third-order valence-electron chi connectivity index (χ3n) is 3.06. The van der Waals surface area contributed by atoms with Gasteiger partial charge in [-0.05, 0) is 28.8 Å². The number of hydrogen-bond donors (Lipinski definition) is 2. The molecule has 1 amide bonds. The molecule has 2 rings (SSSR count). The highest BCUT2D eigenvalue weighted by molar-refractivity contribution is 7.17. The Morgan fingerprint density at radius 3 is 3.00 bits per heavy atom. The van der Waals surface area contributed by atoms with Gasteiger partial charge in [-0.2, -0.15) is 0 Å². The maximum Gasteiger partial charge on any atom is 0.224 e. The summed E-state index contributed by atoms with van der Waals surface area (Å²) < 4.78 is 1.30. The van der Waals surface area contributed by atoms with Crippen molar-refractivity contribution in [3.63, 3.8) is 0 Å². The lowest BCUT2D eigenvalue weighted by Crippen LogP contribution is -2.34. The molecular weight excluding hydrogens is 244 g/mol. The van der Waals surface area contributed by atoms with Crippen LogP contribution >= 0.6 is 11.3 Å². The van der Waals surface area contributed by atoms with Gasteiger partial charge in [0.2, 0.25) is 5.91 Å². The molecule has 0 spiro atoms. The molecule has 4 heteroatoms. The lowest BCUT2D eigenvalue weighted by atomic mass is 10.1. The number of carbonyl (C=O) groups is 1. The van der Waals surface area contributed by atoms with E-state index in [0.717, 1.165) is 6.42 Å². The maximum absolute atomic E-state index is 11.6. The van der Waals surface area contributed by atoms with Gasteiger partial charge in [0.1, 0.15) is 0 Å². The first-order chi connectivity index (χ1) is 8.72. The van der Waals surface area contributed by atoms with Crippen molar-refractivity contribution in [2.45, 2.75) is 13.3 Å². The molecule has 0 aliphatic carbocycles. The summed E-state index contributed by atoms with van der Waals surface area (Å²) in [7, 11) is 0. The first-order valence-corrected chi connectivity index (χ1v) is 7.03. The first kappa shape index (κ1) is 13.1. The van der Waals surface area contributed by atoms with Crippen molar-refractivity contribution >= 4 is 27.3 Å². The van der Waals surface area contributed by atoms with Gasteiger partial charge >= 0.3 is 0 Å². The number of thiophene rings is 1. The molecule has 1 aromatic heterocycles.